The Bertz CT molecular complexity index is 627. The van der Waals surface area contributed by atoms with E-state index in [0.717, 1.165) is 50.3 Å². The number of methoxy groups -OCH3 is 1. The van der Waals surface area contributed by atoms with Crippen molar-refractivity contribution in [2.24, 2.45) is 5.92 Å². The largest absolute Gasteiger partial charge is 0.385 e. The minimum absolute atomic E-state index is 0.758. The molecule has 1 aromatic carbocycles. The van der Waals surface area contributed by atoms with Gasteiger partial charge in [0.2, 0.25) is 5.95 Å². The molecule has 0 unspecified atom stereocenters. The van der Waals surface area contributed by atoms with Crippen LogP contribution in [0.15, 0.2) is 42.6 Å². The van der Waals surface area contributed by atoms with Gasteiger partial charge in [-0.1, -0.05) is 30.3 Å². The van der Waals surface area contributed by atoms with E-state index in [-0.39, 0.29) is 0 Å². The Hall–Kier alpha value is -2.14. The summed E-state index contributed by atoms with van der Waals surface area (Å²) >= 11 is 0. The van der Waals surface area contributed by atoms with E-state index < -0.39 is 0 Å². The normalized spacial score (nSPS) is 15.3. The van der Waals surface area contributed by atoms with E-state index in [2.05, 4.69) is 50.5 Å². The van der Waals surface area contributed by atoms with Crippen molar-refractivity contribution < 1.29 is 4.74 Å². The van der Waals surface area contributed by atoms with Gasteiger partial charge in [0.05, 0.1) is 0 Å². The first-order valence-corrected chi connectivity index (χ1v) is 9.20. The van der Waals surface area contributed by atoms with E-state index in [9.17, 15) is 0 Å². The van der Waals surface area contributed by atoms with Crippen molar-refractivity contribution in [2.45, 2.75) is 25.7 Å². The van der Waals surface area contributed by atoms with Crippen LogP contribution in [0.25, 0.3) is 0 Å². The van der Waals surface area contributed by atoms with Crippen molar-refractivity contribution in [3.8, 4) is 0 Å². The second-order valence-electron chi connectivity index (χ2n) is 6.64. The van der Waals surface area contributed by atoms with Gasteiger partial charge in [0.25, 0.3) is 0 Å². The summed E-state index contributed by atoms with van der Waals surface area (Å²) in [5, 5.41) is 3.34. The highest BCUT2D eigenvalue weighted by Gasteiger charge is 2.21. The topological polar surface area (TPSA) is 50.3 Å². The summed E-state index contributed by atoms with van der Waals surface area (Å²) in [7, 11) is 1.73. The number of benzene rings is 1. The van der Waals surface area contributed by atoms with Crippen molar-refractivity contribution in [1.29, 1.82) is 0 Å². The van der Waals surface area contributed by atoms with E-state index in [4.69, 9.17) is 4.74 Å². The molecule has 0 atom stereocenters. The van der Waals surface area contributed by atoms with Crippen LogP contribution in [0.5, 0.6) is 0 Å². The predicted molar refractivity (Wildman–Crippen MR) is 102 cm³/mol. The Morgan fingerprint density at radius 2 is 1.96 bits per heavy atom. The molecule has 1 saturated heterocycles. The highest BCUT2D eigenvalue weighted by molar-refractivity contribution is 5.41. The molecule has 5 nitrogen and oxygen atoms in total. The zero-order valence-corrected chi connectivity index (χ0v) is 15.0. The molecular weight excluding hydrogens is 312 g/mol. The monoisotopic (exact) mass is 340 g/mol. The van der Waals surface area contributed by atoms with Gasteiger partial charge in [-0.25, -0.2) is 4.98 Å². The van der Waals surface area contributed by atoms with Gasteiger partial charge in [-0.3, -0.25) is 0 Å². The van der Waals surface area contributed by atoms with Gasteiger partial charge in [-0.2, -0.15) is 4.98 Å². The number of ether oxygens (including phenoxy) is 1. The molecule has 0 amide bonds. The molecular formula is C20H28N4O. The van der Waals surface area contributed by atoms with Crippen LogP contribution >= 0.6 is 0 Å². The average Bonchev–Trinajstić information content (AvgIpc) is 2.67. The smallest absolute Gasteiger partial charge is 0.227 e. The molecule has 1 aromatic heterocycles. The van der Waals surface area contributed by atoms with Crippen molar-refractivity contribution in [3.63, 3.8) is 0 Å². The number of aromatic nitrogens is 2. The number of nitrogens with one attached hydrogen (secondary N) is 1. The Kier molecular flexibility index (Phi) is 6.63. The molecule has 1 N–H and O–H groups in total. The maximum absolute atomic E-state index is 5.07. The fourth-order valence-corrected chi connectivity index (χ4v) is 3.32. The summed E-state index contributed by atoms with van der Waals surface area (Å²) in [4.78, 5) is 11.4. The number of rotatable bonds is 8. The Morgan fingerprint density at radius 3 is 2.72 bits per heavy atom. The lowest BCUT2D eigenvalue weighted by Gasteiger charge is -2.32. The molecule has 2 aromatic rings. The molecule has 134 valence electrons. The van der Waals surface area contributed by atoms with Crippen molar-refractivity contribution in [3.05, 3.63) is 48.2 Å². The van der Waals surface area contributed by atoms with Crippen LogP contribution in [0.3, 0.4) is 0 Å². The summed E-state index contributed by atoms with van der Waals surface area (Å²) < 4.78 is 5.07. The van der Waals surface area contributed by atoms with Crippen molar-refractivity contribution >= 4 is 11.8 Å². The predicted octanol–water partition coefficient (Wildman–Crippen LogP) is 3.38. The molecule has 0 radical (unpaired) electrons. The van der Waals surface area contributed by atoms with Crippen LogP contribution in [-0.4, -0.2) is 43.3 Å². The van der Waals surface area contributed by atoms with E-state index in [1.54, 1.807) is 7.11 Å². The maximum Gasteiger partial charge on any atom is 0.227 e. The first kappa shape index (κ1) is 17.7. The molecule has 0 spiro atoms. The van der Waals surface area contributed by atoms with Gasteiger partial charge in [-0.15, -0.1) is 0 Å². The zero-order chi connectivity index (χ0) is 17.3. The maximum atomic E-state index is 5.07. The van der Waals surface area contributed by atoms with Gasteiger partial charge in [0.15, 0.2) is 0 Å². The molecule has 1 fully saturated rings. The van der Waals surface area contributed by atoms with E-state index >= 15 is 0 Å². The van der Waals surface area contributed by atoms with E-state index in [1.807, 2.05) is 12.3 Å². The van der Waals surface area contributed by atoms with Crippen LogP contribution in [0, 0.1) is 5.92 Å². The van der Waals surface area contributed by atoms with Gasteiger partial charge < -0.3 is 15.0 Å². The first-order valence-electron chi connectivity index (χ1n) is 9.20. The summed E-state index contributed by atoms with van der Waals surface area (Å²) in [6.07, 6.45) is 6.39. The quantitative estimate of drug-likeness (QED) is 0.747. The summed E-state index contributed by atoms with van der Waals surface area (Å²) in [6, 6.07) is 12.7. The molecule has 5 heteroatoms. The third kappa shape index (κ3) is 5.43. The van der Waals surface area contributed by atoms with Gasteiger partial charge in [-0.05, 0) is 43.2 Å². The fraction of sp³-hybridized carbons (Fsp3) is 0.500. The molecule has 1 aliphatic rings. The average molecular weight is 340 g/mol. The number of anilines is 2. The molecule has 1 aliphatic heterocycles. The van der Waals surface area contributed by atoms with Crippen LogP contribution in [0.1, 0.15) is 24.8 Å². The molecule has 2 heterocycles. The van der Waals surface area contributed by atoms with Crippen LogP contribution in [0.2, 0.25) is 0 Å². The van der Waals surface area contributed by atoms with Gasteiger partial charge in [0.1, 0.15) is 5.82 Å². The van der Waals surface area contributed by atoms with E-state index in [1.165, 1.54) is 24.8 Å². The number of hydrogen-bond acceptors (Lipinski definition) is 5. The summed E-state index contributed by atoms with van der Waals surface area (Å²) in [5.41, 5.74) is 1.44. The Morgan fingerprint density at radius 1 is 1.16 bits per heavy atom. The minimum Gasteiger partial charge on any atom is -0.385 e. The molecule has 0 saturated carbocycles. The van der Waals surface area contributed by atoms with Gasteiger partial charge in [0, 0.05) is 39.5 Å². The lowest BCUT2D eigenvalue weighted by molar-refractivity contribution is 0.198. The number of nitrogens with zero attached hydrogens (tertiary/aromatic N) is 3. The second kappa shape index (κ2) is 9.37. The standard InChI is InChI=1S/C20H28N4O/c1-25-15-5-11-21-19-8-12-22-20(23-19)24-13-9-18(10-14-24)16-17-6-3-2-4-7-17/h2-4,6-8,12,18H,5,9-11,13-16H2,1H3,(H,21,22,23). The SMILES string of the molecule is COCCCNc1ccnc(N2CCC(Cc3ccccc3)CC2)n1. The van der Waals surface area contributed by atoms with Gasteiger partial charge >= 0.3 is 0 Å². The van der Waals surface area contributed by atoms with E-state index in [0.29, 0.717) is 0 Å². The highest BCUT2D eigenvalue weighted by atomic mass is 16.5. The van der Waals surface area contributed by atoms with Crippen LogP contribution in [0.4, 0.5) is 11.8 Å². The lowest BCUT2D eigenvalue weighted by atomic mass is 9.90. The number of piperidine rings is 1. The molecule has 3 rings (SSSR count). The Labute approximate surface area is 150 Å². The van der Waals surface area contributed by atoms with Crippen LogP contribution < -0.4 is 10.2 Å². The molecule has 25 heavy (non-hydrogen) atoms. The number of hydrogen-bond donors (Lipinski definition) is 1. The zero-order valence-electron chi connectivity index (χ0n) is 15.0. The molecule has 0 bridgehead atoms. The minimum atomic E-state index is 0.758. The van der Waals surface area contributed by atoms with Crippen molar-refractivity contribution in [2.75, 3.05) is 43.6 Å². The van der Waals surface area contributed by atoms with Crippen molar-refractivity contribution in [1.82, 2.24) is 9.97 Å². The lowest BCUT2D eigenvalue weighted by Crippen LogP contribution is -2.35. The third-order valence-electron chi connectivity index (χ3n) is 4.74. The summed E-state index contributed by atoms with van der Waals surface area (Å²) in [6.45, 7) is 3.69. The third-order valence-corrected chi connectivity index (χ3v) is 4.74. The molecule has 0 aliphatic carbocycles. The van der Waals surface area contributed by atoms with Crippen LogP contribution in [-0.2, 0) is 11.2 Å². The highest BCUT2D eigenvalue weighted by Crippen LogP contribution is 2.24. The first-order chi connectivity index (χ1) is 12.3. The Balaban J connectivity index is 1.49. The second-order valence-corrected chi connectivity index (χ2v) is 6.64. The fourth-order valence-electron chi connectivity index (χ4n) is 3.32. The summed E-state index contributed by atoms with van der Waals surface area (Å²) in [5.74, 6) is 2.50.